The molecule has 0 aliphatic carbocycles. The van der Waals surface area contributed by atoms with E-state index in [4.69, 9.17) is 21.1 Å². The Bertz CT molecular complexity index is 1040. The molecule has 0 unspecified atom stereocenters. The van der Waals surface area contributed by atoms with Crippen LogP contribution in [-0.4, -0.2) is 33.5 Å². The lowest BCUT2D eigenvalue weighted by Crippen LogP contribution is -2.15. The van der Waals surface area contributed by atoms with Gasteiger partial charge in [0, 0.05) is 12.1 Å². The molecular formula is C22H25ClN4O3S. The number of hydrogen-bond donors (Lipinski definition) is 1. The van der Waals surface area contributed by atoms with Crippen molar-refractivity contribution in [3.8, 4) is 11.5 Å². The van der Waals surface area contributed by atoms with Crippen molar-refractivity contribution < 1.29 is 14.3 Å². The SMILES string of the molecule is COc1ccc(Cl)cc1NC(=O)CSc1nnc(COc2ccc(C(C)C)cc2)n1C. The van der Waals surface area contributed by atoms with Gasteiger partial charge in [0.15, 0.2) is 11.0 Å². The molecule has 9 heteroatoms. The number of methoxy groups -OCH3 is 1. The minimum atomic E-state index is -0.198. The van der Waals surface area contributed by atoms with Gasteiger partial charge >= 0.3 is 0 Å². The minimum absolute atomic E-state index is 0.166. The van der Waals surface area contributed by atoms with Crippen molar-refractivity contribution in [2.45, 2.75) is 31.5 Å². The first-order valence-corrected chi connectivity index (χ1v) is 11.1. The number of thioether (sulfide) groups is 1. The Morgan fingerprint density at radius 3 is 2.61 bits per heavy atom. The number of ether oxygens (including phenoxy) is 2. The van der Waals surface area contributed by atoms with Gasteiger partial charge in [-0.2, -0.15) is 0 Å². The average Bonchev–Trinajstić information content (AvgIpc) is 3.10. The largest absolute Gasteiger partial charge is 0.495 e. The van der Waals surface area contributed by atoms with Crippen LogP contribution < -0.4 is 14.8 Å². The molecule has 0 fully saturated rings. The number of nitrogens with one attached hydrogen (secondary N) is 1. The molecule has 0 aliphatic rings. The van der Waals surface area contributed by atoms with E-state index in [-0.39, 0.29) is 18.3 Å². The average molecular weight is 461 g/mol. The molecule has 3 aromatic rings. The van der Waals surface area contributed by atoms with Gasteiger partial charge in [0.05, 0.1) is 18.6 Å². The maximum absolute atomic E-state index is 12.4. The van der Waals surface area contributed by atoms with E-state index >= 15 is 0 Å². The minimum Gasteiger partial charge on any atom is -0.495 e. The van der Waals surface area contributed by atoms with Crippen LogP contribution in [0.25, 0.3) is 0 Å². The first-order valence-electron chi connectivity index (χ1n) is 9.74. The third kappa shape index (κ3) is 6.15. The van der Waals surface area contributed by atoms with Gasteiger partial charge in [-0.25, -0.2) is 0 Å². The second-order valence-electron chi connectivity index (χ2n) is 7.15. The Hall–Kier alpha value is -2.71. The van der Waals surface area contributed by atoms with Crippen LogP contribution in [0.5, 0.6) is 11.5 Å². The molecular weight excluding hydrogens is 436 g/mol. The Balaban J connectivity index is 1.54. The third-order valence-electron chi connectivity index (χ3n) is 4.61. The van der Waals surface area contributed by atoms with Crippen LogP contribution in [0.15, 0.2) is 47.6 Å². The van der Waals surface area contributed by atoms with E-state index in [9.17, 15) is 4.79 Å². The number of nitrogens with zero attached hydrogens (tertiary/aromatic N) is 3. The van der Waals surface area contributed by atoms with E-state index in [1.807, 2.05) is 23.7 Å². The lowest BCUT2D eigenvalue weighted by atomic mass is 10.0. The highest BCUT2D eigenvalue weighted by Gasteiger charge is 2.14. The molecule has 31 heavy (non-hydrogen) atoms. The van der Waals surface area contributed by atoms with Crippen molar-refractivity contribution in [2.75, 3.05) is 18.2 Å². The fourth-order valence-corrected chi connectivity index (χ4v) is 3.69. The molecule has 3 rings (SSSR count). The Morgan fingerprint density at radius 1 is 1.19 bits per heavy atom. The van der Waals surface area contributed by atoms with E-state index in [1.54, 1.807) is 18.2 Å². The summed E-state index contributed by atoms with van der Waals surface area (Å²) in [5, 5.41) is 12.3. The summed E-state index contributed by atoms with van der Waals surface area (Å²) in [5.74, 6) is 2.44. The molecule has 7 nitrogen and oxygen atoms in total. The van der Waals surface area contributed by atoms with E-state index < -0.39 is 0 Å². The molecule has 0 bridgehead atoms. The Morgan fingerprint density at radius 2 is 1.94 bits per heavy atom. The summed E-state index contributed by atoms with van der Waals surface area (Å²) in [6.07, 6.45) is 0. The van der Waals surface area contributed by atoms with Gasteiger partial charge in [0.1, 0.15) is 18.1 Å². The van der Waals surface area contributed by atoms with Crippen LogP contribution in [0.4, 0.5) is 5.69 Å². The molecule has 164 valence electrons. The molecule has 2 aromatic carbocycles. The number of hydrogen-bond acceptors (Lipinski definition) is 6. The van der Waals surface area contributed by atoms with E-state index in [0.29, 0.717) is 33.4 Å². The Kier molecular flexibility index (Phi) is 7.81. The number of amides is 1. The van der Waals surface area contributed by atoms with Crippen molar-refractivity contribution >= 4 is 35.0 Å². The molecule has 0 atom stereocenters. The molecule has 1 aromatic heterocycles. The maximum atomic E-state index is 12.4. The van der Waals surface area contributed by atoms with E-state index in [2.05, 4.69) is 41.5 Å². The number of carbonyl (C=O) groups excluding carboxylic acids is 1. The first kappa shape index (κ1) is 23.0. The highest BCUT2D eigenvalue weighted by Crippen LogP contribution is 2.28. The molecule has 1 amide bonds. The van der Waals surface area contributed by atoms with Crippen LogP contribution in [0.1, 0.15) is 31.2 Å². The topological polar surface area (TPSA) is 78.3 Å². The zero-order valence-electron chi connectivity index (χ0n) is 17.9. The summed E-state index contributed by atoms with van der Waals surface area (Å²) in [4.78, 5) is 12.4. The van der Waals surface area contributed by atoms with Gasteiger partial charge in [0.2, 0.25) is 5.91 Å². The van der Waals surface area contributed by atoms with Gasteiger partial charge in [-0.1, -0.05) is 49.3 Å². The Labute approximate surface area is 191 Å². The van der Waals surface area contributed by atoms with Gasteiger partial charge in [-0.05, 0) is 41.8 Å². The number of aromatic nitrogens is 3. The van der Waals surface area contributed by atoms with Crippen molar-refractivity contribution in [1.82, 2.24) is 14.8 Å². The summed E-state index contributed by atoms with van der Waals surface area (Å²) < 4.78 is 12.9. The molecule has 0 aliphatic heterocycles. The molecule has 0 spiro atoms. The molecule has 0 radical (unpaired) electrons. The third-order valence-corrected chi connectivity index (χ3v) is 5.86. The smallest absolute Gasteiger partial charge is 0.234 e. The summed E-state index contributed by atoms with van der Waals surface area (Å²) in [6.45, 7) is 4.59. The van der Waals surface area contributed by atoms with Crippen LogP contribution in [-0.2, 0) is 18.4 Å². The van der Waals surface area contributed by atoms with Crippen LogP contribution in [0.3, 0.4) is 0 Å². The predicted octanol–water partition coefficient (Wildman–Crippen LogP) is 4.91. The maximum Gasteiger partial charge on any atom is 0.234 e. The summed E-state index contributed by atoms with van der Waals surface area (Å²) in [5.41, 5.74) is 1.79. The fraction of sp³-hybridized carbons (Fsp3) is 0.318. The summed E-state index contributed by atoms with van der Waals surface area (Å²) in [6, 6.07) is 13.1. The first-order chi connectivity index (χ1) is 14.9. The highest BCUT2D eigenvalue weighted by atomic mass is 35.5. The van der Waals surface area contributed by atoms with E-state index in [1.165, 1.54) is 24.4 Å². The normalized spacial score (nSPS) is 10.9. The number of anilines is 1. The second kappa shape index (κ2) is 10.5. The van der Waals surface area contributed by atoms with Crippen molar-refractivity contribution in [3.63, 3.8) is 0 Å². The zero-order valence-corrected chi connectivity index (χ0v) is 19.5. The standard InChI is InChI=1S/C22H25ClN4O3S/c1-14(2)15-5-8-17(9-6-15)30-12-20-25-26-22(27(20)3)31-13-21(28)24-18-11-16(23)7-10-19(18)29-4/h5-11,14H,12-13H2,1-4H3,(H,24,28). The molecule has 1 heterocycles. The zero-order chi connectivity index (χ0) is 22.4. The van der Waals surface area contributed by atoms with Gasteiger partial charge in [0.25, 0.3) is 0 Å². The van der Waals surface area contributed by atoms with Crippen LogP contribution >= 0.6 is 23.4 Å². The summed E-state index contributed by atoms with van der Waals surface area (Å²) in [7, 11) is 3.39. The van der Waals surface area contributed by atoms with E-state index in [0.717, 1.165) is 5.75 Å². The second-order valence-corrected chi connectivity index (χ2v) is 8.53. The predicted molar refractivity (Wildman–Crippen MR) is 123 cm³/mol. The summed E-state index contributed by atoms with van der Waals surface area (Å²) >= 11 is 7.29. The van der Waals surface area contributed by atoms with Crippen molar-refractivity contribution in [2.24, 2.45) is 7.05 Å². The number of benzene rings is 2. The van der Waals surface area contributed by atoms with Crippen molar-refractivity contribution in [1.29, 1.82) is 0 Å². The lowest BCUT2D eigenvalue weighted by Gasteiger charge is -2.10. The quantitative estimate of drug-likeness (QED) is 0.457. The van der Waals surface area contributed by atoms with Crippen LogP contribution in [0.2, 0.25) is 5.02 Å². The van der Waals surface area contributed by atoms with Crippen molar-refractivity contribution in [3.05, 3.63) is 58.9 Å². The molecule has 0 saturated heterocycles. The lowest BCUT2D eigenvalue weighted by molar-refractivity contribution is -0.113. The van der Waals surface area contributed by atoms with Gasteiger partial charge < -0.3 is 19.4 Å². The van der Waals surface area contributed by atoms with Gasteiger partial charge in [-0.3, -0.25) is 4.79 Å². The number of carbonyl (C=O) groups is 1. The fourth-order valence-electron chi connectivity index (χ4n) is 2.79. The van der Waals surface area contributed by atoms with Crippen LogP contribution in [0, 0.1) is 0 Å². The molecule has 1 N–H and O–H groups in total. The van der Waals surface area contributed by atoms with Gasteiger partial charge in [-0.15, -0.1) is 10.2 Å². The number of halogens is 1. The number of rotatable bonds is 9. The monoisotopic (exact) mass is 460 g/mol. The highest BCUT2D eigenvalue weighted by molar-refractivity contribution is 7.99. The molecule has 0 saturated carbocycles.